The van der Waals surface area contributed by atoms with Gasteiger partial charge in [0, 0.05) is 0 Å². The fourth-order valence-electron chi connectivity index (χ4n) is 5.50. The number of unbranched alkanes of at least 4 members (excludes halogenated alkanes) is 6. The van der Waals surface area contributed by atoms with Gasteiger partial charge in [-0.25, -0.2) is 0 Å². The quantitative estimate of drug-likeness (QED) is 0.0991. The van der Waals surface area contributed by atoms with Crippen LogP contribution in [0.2, 0.25) is 0 Å². The topological polar surface area (TPSA) is 55.8 Å². The minimum Gasteiger partial charge on any atom is -0.469 e. The van der Waals surface area contributed by atoms with Gasteiger partial charge in [-0.05, 0) is 36.0 Å². The van der Waals surface area contributed by atoms with Crippen molar-refractivity contribution in [2.45, 2.75) is 89.3 Å². The van der Waals surface area contributed by atoms with E-state index in [0.29, 0.717) is 19.3 Å². The number of carbonyl (C=O) groups is 1. The van der Waals surface area contributed by atoms with Crippen LogP contribution in [-0.4, -0.2) is 30.4 Å². The fraction of sp³-hybridized carbons (Fsp3) is 0.472. The molecule has 216 valence electrons. The molecular weight excluding hydrogens is 496 g/mol. The molecule has 0 radical (unpaired) electrons. The molecule has 3 aromatic rings. The SMILES string of the molecule is CCCCCCCCC[C@@](O)(CCC(C)C(=O)OC)COC(c1ccccc1)(c1ccccc1)c1ccccc1. The highest BCUT2D eigenvalue weighted by Gasteiger charge is 2.40. The lowest BCUT2D eigenvalue weighted by molar-refractivity contribution is -0.146. The summed E-state index contributed by atoms with van der Waals surface area (Å²) >= 11 is 0. The van der Waals surface area contributed by atoms with Crippen LogP contribution in [0.3, 0.4) is 0 Å². The van der Waals surface area contributed by atoms with Gasteiger partial charge in [-0.1, -0.05) is 150 Å². The van der Waals surface area contributed by atoms with Gasteiger partial charge in [0.15, 0.2) is 0 Å². The maximum Gasteiger partial charge on any atom is 0.308 e. The summed E-state index contributed by atoms with van der Waals surface area (Å²) in [6.07, 6.45) is 9.85. The number of carbonyl (C=O) groups excluding carboxylic acids is 1. The molecule has 0 aliphatic heterocycles. The van der Waals surface area contributed by atoms with Gasteiger partial charge >= 0.3 is 5.97 Å². The Hall–Kier alpha value is -2.95. The fourth-order valence-corrected chi connectivity index (χ4v) is 5.50. The highest BCUT2D eigenvalue weighted by molar-refractivity contribution is 5.71. The Morgan fingerprint density at radius 3 is 1.62 bits per heavy atom. The molecular formula is C36H48O4. The van der Waals surface area contributed by atoms with Crippen LogP contribution in [0.5, 0.6) is 0 Å². The third-order valence-electron chi connectivity index (χ3n) is 7.99. The van der Waals surface area contributed by atoms with Gasteiger partial charge in [0.25, 0.3) is 0 Å². The molecule has 1 N–H and O–H groups in total. The largest absolute Gasteiger partial charge is 0.469 e. The third-order valence-corrected chi connectivity index (χ3v) is 7.99. The molecule has 40 heavy (non-hydrogen) atoms. The van der Waals surface area contributed by atoms with E-state index in [1.807, 2.05) is 61.5 Å². The molecule has 3 aromatic carbocycles. The molecule has 0 heterocycles. The van der Waals surface area contributed by atoms with Crippen LogP contribution in [-0.2, 0) is 19.9 Å². The molecule has 0 amide bonds. The van der Waals surface area contributed by atoms with Crippen molar-refractivity contribution >= 4 is 5.97 Å². The van der Waals surface area contributed by atoms with Crippen LogP contribution in [0.1, 0.15) is 94.7 Å². The van der Waals surface area contributed by atoms with Crippen molar-refractivity contribution in [2.75, 3.05) is 13.7 Å². The highest BCUT2D eigenvalue weighted by Crippen LogP contribution is 2.41. The van der Waals surface area contributed by atoms with Crippen molar-refractivity contribution in [1.29, 1.82) is 0 Å². The van der Waals surface area contributed by atoms with Crippen LogP contribution in [0.25, 0.3) is 0 Å². The monoisotopic (exact) mass is 544 g/mol. The van der Waals surface area contributed by atoms with Gasteiger partial charge in [-0.15, -0.1) is 0 Å². The molecule has 0 aromatic heterocycles. The molecule has 0 spiro atoms. The van der Waals surface area contributed by atoms with Gasteiger partial charge in [0.1, 0.15) is 5.60 Å². The predicted molar refractivity (Wildman–Crippen MR) is 163 cm³/mol. The molecule has 0 saturated carbocycles. The van der Waals surface area contributed by atoms with Crippen molar-refractivity contribution in [3.63, 3.8) is 0 Å². The van der Waals surface area contributed by atoms with Gasteiger partial charge in [0.05, 0.1) is 25.2 Å². The number of benzene rings is 3. The van der Waals surface area contributed by atoms with Crippen LogP contribution in [0.4, 0.5) is 0 Å². The van der Waals surface area contributed by atoms with E-state index in [4.69, 9.17) is 9.47 Å². The predicted octanol–water partition coefficient (Wildman–Crippen LogP) is 8.46. The Labute approximate surface area is 241 Å². The number of hydrogen-bond acceptors (Lipinski definition) is 4. The summed E-state index contributed by atoms with van der Waals surface area (Å²) in [5.41, 5.74) is 1.05. The van der Waals surface area contributed by atoms with E-state index in [-0.39, 0.29) is 18.5 Å². The van der Waals surface area contributed by atoms with Crippen LogP contribution >= 0.6 is 0 Å². The van der Waals surface area contributed by atoms with Crippen LogP contribution in [0, 0.1) is 5.92 Å². The number of hydrogen-bond donors (Lipinski definition) is 1. The number of ether oxygens (including phenoxy) is 2. The van der Waals surface area contributed by atoms with Crippen molar-refractivity contribution in [1.82, 2.24) is 0 Å². The van der Waals surface area contributed by atoms with Crippen LogP contribution in [0.15, 0.2) is 91.0 Å². The first kappa shape index (κ1) is 31.6. The minimum absolute atomic E-state index is 0.148. The molecule has 1 unspecified atom stereocenters. The zero-order chi connectivity index (χ0) is 28.7. The van der Waals surface area contributed by atoms with Gasteiger partial charge in [-0.3, -0.25) is 4.79 Å². The first-order chi connectivity index (χ1) is 19.4. The average Bonchev–Trinajstić information content (AvgIpc) is 3.01. The molecule has 0 fully saturated rings. The Kier molecular flexibility index (Phi) is 12.9. The lowest BCUT2D eigenvalue weighted by Gasteiger charge is -2.39. The summed E-state index contributed by atoms with van der Waals surface area (Å²) in [5.74, 6) is -0.529. The second-order valence-corrected chi connectivity index (χ2v) is 11.1. The normalized spacial score (nSPS) is 13.9. The Bertz CT molecular complexity index is 1000. The number of esters is 1. The molecule has 4 nitrogen and oxygen atoms in total. The summed E-state index contributed by atoms with van der Waals surface area (Å²) in [4.78, 5) is 12.2. The molecule has 0 aliphatic carbocycles. The number of methoxy groups -OCH3 is 1. The second kappa shape index (κ2) is 16.3. The number of rotatable bonds is 18. The third kappa shape index (κ3) is 8.78. The average molecular weight is 545 g/mol. The molecule has 3 rings (SSSR count). The van der Waals surface area contributed by atoms with E-state index in [9.17, 15) is 9.90 Å². The van der Waals surface area contributed by atoms with Crippen molar-refractivity contribution in [3.05, 3.63) is 108 Å². The molecule has 0 bridgehead atoms. The standard InChI is InChI=1S/C36H48O4/c1-4-5-6-7-8-9-19-27-35(38,28-26-30(2)34(37)39-3)29-40-36(31-20-13-10-14-21-31,32-22-15-11-16-23-32)33-24-17-12-18-25-33/h10-18,20-25,30,38H,4-9,19,26-29H2,1-3H3/t30?,35-/m1/s1. The van der Waals surface area contributed by atoms with Gasteiger partial charge < -0.3 is 14.6 Å². The Morgan fingerprint density at radius 2 is 1.18 bits per heavy atom. The van der Waals surface area contributed by atoms with Gasteiger partial charge in [0.2, 0.25) is 0 Å². The summed E-state index contributed by atoms with van der Waals surface area (Å²) < 4.78 is 12.0. The maximum atomic E-state index is 12.2. The highest BCUT2D eigenvalue weighted by atomic mass is 16.5. The van der Waals surface area contributed by atoms with E-state index in [1.165, 1.54) is 39.2 Å². The first-order valence-corrected chi connectivity index (χ1v) is 15.1. The summed E-state index contributed by atoms with van der Waals surface area (Å²) in [6.45, 7) is 4.24. The van der Waals surface area contributed by atoms with Crippen molar-refractivity contribution in [3.8, 4) is 0 Å². The van der Waals surface area contributed by atoms with Gasteiger partial charge in [-0.2, -0.15) is 0 Å². The van der Waals surface area contributed by atoms with Crippen molar-refractivity contribution in [2.24, 2.45) is 5.92 Å². The first-order valence-electron chi connectivity index (χ1n) is 15.1. The summed E-state index contributed by atoms with van der Waals surface area (Å²) in [6, 6.07) is 30.8. The Morgan fingerprint density at radius 1 is 0.725 bits per heavy atom. The lowest BCUT2D eigenvalue weighted by atomic mass is 9.79. The van der Waals surface area contributed by atoms with E-state index in [0.717, 1.165) is 29.5 Å². The summed E-state index contributed by atoms with van der Waals surface area (Å²) in [7, 11) is 1.42. The van der Waals surface area contributed by atoms with E-state index in [2.05, 4.69) is 43.3 Å². The summed E-state index contributed by atoms with van der Waals surface area (Å²) in [5, 5.41) is 12.1. The maximum absolute atomic E-state index is 12.2. The Balaban J connectivity index is 1.91. The zero-order valence-corrected chi connectivity index (χ0v) is 24.7. The smallest absolute Gasteiger partial charge is 0.308 e. The molecule has 0 aliphatic rings. The zero-order valence-electron chi connectivity index (χ0n) is 24.7. The lowest BCUT2D eigenvalue weighted by Crippen LogP contribution is -2.42. The van der Waals surface area contributed by atoms with E-state index in [1.54, 1.807) is 0 Å². The molecule has 0 saturated heterocycles. The number of aliphatic hydroxyl groups is 1. The van der Waals surface area contributed by atoms with E-state index >= 15 is 0 Å². The van der Waals surface area contributed by atoms with Crippen LogP contribution < -0.4 is 0 Å². The molecule has 4 heteroatoms. The van der Waals surface area contributed by atoms with E-state index < -0.39 is 11.2 Å². The molecule has 2 atom stereocenters. The van der Waals surface area contributed by atoms with Crippen molar-refractivity contribution < 1.29 is 19.4 Å². The minimum atomic E-state index is -1.07. The second-order valence-electron chi connectivity index (χ2n) is 11.1.